The standard InChI is InChI=1S/C24H20N4O3S/c1-31-23(29)15-26-24(30)19-7-2-3-8-22(19)32-17-10-11-18-20(27-28-21(18)14-17)12-9-16-6-4-5-13-25-16/h2-14H,15H2,1H3,(H,26,30)(H,27,28)/b12-9+. The van der Waals surface area contributed by atoms with Crippen LogP contribution >= 0.6 is 11.8 Å². The number of nitrogens with one attached hydrogen (secondary N) is 2. The number of pyridine rings is 1. The van der Waals surface area contributed by atoms with Crippen LogP contribution < -0.4 is 5.32 Å². The lowest BCUT2D eigenvalue weighted by molar-refractivity contribution is -0.139. The van der Waals surface area contributed by atoms with Crippen molar-refractivity contribution in [3.05, 3.63) is 83.8 Å². The van der Waals surface area contributed by atoms with Gasteiger partial charge in [0, 0.05) is 21.4 Å². The van der Waals surface area contributed by atoms with Crippen molar-refractivity contribution in [3.63, 3.8) is 0 Å². The summed E-state index contributed by atoms with van der Waals surface area (Å²) >= 11 is 1.46. The Bertz CT molecular complexity index is 1280. The van der Waals surface area contributed by atoms with E-state index in [0.29, 0.717) is 5.56 Å². The molecule has 0 bridgehead atoms. The molecule has 2 heterocycles. The third-order valence-electron chi connectivity index (χ3n) is 4.64. The fourth-order valence-corrected chi connectivity index (χ4v) is 4.02. The summed E-state index contributed by atoms with van der Waals surface area (Å²) in [5, 5.41) is 11.0. The Morgan fingerprint density at radius 3 is 2.75 bits per heavy atom. The number of fused-ring (bicyclic) bond motifs is 1. The van der Waals surface area contributed by atoms with Crippen molar-refractivity contribution in [1.82, 2.24) is 20.5 Å². The van der Waals surface area contributed by atoms with E-state index in [2.05, 4.69) is 25.2 Å². The first-order chi connectivity index (χ1) is 15.6. The molecule has 4 rings (SSSR count). The number of nitrogens with zero attached hydrogens (tertiary/aromatic N) is 2. The summed E-state index contributed by atoms with van der Waals surface area (Å²) in [6, 6.07) is 19.0. The van der Waals surface area contributed by atoms with Gasteiger partial charge in [-0.25, -0.2) is 0 Å². The van der Waals surface area contributed by atoms with Crippen molar-refractivity contribution < 1.29 is 14.3 Å². The fraction of sp³-hybridized carbons (Fsp3) is 0.0833. The molecule has 0 aliphatic carbocycles. The minimum atomic E-state index is -0.499. The highest BCUT2D eigenvalue weighted by Crippen LogP contribution is 2.32. The van der Waals surface area contributed by atoms with Crippen LogP contribution in [0.2, 0.25) is 0 Å². The van der Waals surface area contributed by atoms with E-state index < -0.39 is 5.97 Å². The van der Waals surface area contributed by atoms with Crippen LogP contribution in [0.5, 0.6) is 0 Å². The number of aromatic amines is 1. The van der Waals surface area contributed by atoms with E-state index in [1.165, 1.54) is 18.9 Å². The van der Waals surface area contributed by atoms with E-state index in [9.17, 15) is 9.59 Å². The lowest BCUT2D eigenvalue weighted by Gasteiger charge is -2.09. The van der Waals surface area contributed by atoms with Gasteiger partial charge in [0.1, 0.15) is 6.54 Å². The topological polar surface area (TPSA) is 97.0 Å². The van der Waals surface area contributed by atoms with Crippen LogP contribution in [0, 0.1) is 0 Å². The zero-order valence-electron chi connectivity index (χ0n) is 17.2. The third-order valence-corrected chi connectivity index (χ3v) is 5.71. The molecule has 7 nitrogen and oxygen atoms in total. The van der Waals surface area contributed by atoms with Crippen LogP contribution in [0.4, 0.5) is 0 Å². The van der Waals surface area contributed by atoms with E-state index in [0.717, 1.165) is 32.1 Å². The third kappa shape index (κ3) is 5.04. The predicted molar refractivity (Wildman–Crippen MR) is 124 cm³/mol. The van der Waals surface area contributed by atoms with Gasteiger partial charge in [-0.05, 0) is 54.6 Å². The van der Waals surface area contributed by atoms with Crippen LogP contribution in [0.25, 0.3) is 23.1 Å². The van der Waals surface area contributed by atoms with Gasteiger partial charge in [-0.1, -0.05) is 30.0 Å². The number of carbonyl (C=O) groups is 2. The molecule has 160 valence electrons. The number of hydrogen-bond acceptors (Lipinski definition) is 6. The Balaban J connectivity index is 1.53. The average molecular weight is 445 g/mol. The van der Waals surface area contributed by atoms with E-state index in [4.69, 9.17) is 0 Å². The van der Waals surface area contributed by atoms with Gasteiger partial charge in [-0.3, -0.25) is 19.7 Å². The second kappa shape index (κ2) is 9.93. The highest BCUT2D eigenvalue weighted by Gasteiger charge is 2.14. The van der Waals surface area contributed by atoms with Gasteiger partial charge in [0.05, 0.1) is 29.6 Å². The molecule has 2 aromatic heterocycles. The summed E-state index contributed by atoms with van der Waals surface area (Å²) in [6.45, 7) is -0.177. The number of hydrogen-bond donors (Lipinski definition) is 2. The van der Waals surface area contributed by atoms with Crippen LogP contribution in [0.3, 0.4) is 0 Å². The van der Waals surface area contributed by atoms with Gasteiger partial charge in [-0.15, -0.1) is 0 Å². The number of ether oxygens (including phenoxy) is 1. The molecular formula is C24H20N4O3S. The molecule has 2 N–H and O–H groups in total. The fourth-order valence-electron chi connectivity index (χ4n) is 3.04. The number of aromatic nitrogens is 3. The number of esters is 1. The molecule has 8 heteroatoms. The second-order valence-corrected chi connectivity index (χ2v) is 7.88. The van der Waals surface area contributed by atoms with E-state index in [-0.39, 0.29) is 12.5 Å². The highest BCUT2D eigenvalue weighted by atomic mass is 32.2. The SMILES string of the molecule is COC(=O)CNC(=O)c1ccccc1Sc1ccc2c(/C=C/c3ccccn3)n[nH]c2c1. The molecule has 0 fully saturated rings. The summed E-state index contributed by atoms with van der Waals surface area (Å²) in [7, 11) is 1.28. The molecule has 0 aliphatic rings. The Labute approximate surface area is 188 Å². The molecular weight excluding hydrogens is 424 g/mol. The molecule has 2 aromatic carbocycles. The molecule has 0 unspecified atom stereocenters. The molecule has 0 radical (unpaired) electrons. The number of carbonyl (C=O) groups excluding carboxylic acids is 2. The first kappa shape index (κ1) is 21.3. The maximum atomic E-state index is 12.5. The lowest BCUT2D eigenvalue weighted by Crippen LogP contribution is -2.30. The Hall–Kier alpha value is -3.91. The van der Waals surface area contributed by atoms with Crippen molar-refractivity contribution in [2.24, 2.45) is 0 Å². The molecule has 0 saturated heterocycles. The molecule has 0 saturated carbocycles. The summed E-state index contributed by atoms with van der Waals surface area (Å²) in [4.78, 5) is 29.9. The molecule has 0 aliphatic heterocycles. The Kier molecular flexibility index (Phi) is 6.62. The lowest BCUT2D eigenvalue weighted by atomic mass is 10.2. The van der Waals surface area contributed by atoms with Gasteiger partial charge < -0.3 is 10.1 Å². The number of methoxy groups -OCH3 is 1. The smallest absolute Gasteiger partial charge is 0.325 e. The zero-order valence-corrected chi connectivity index (χ0v) is 18.1. The average Bonchev–Trinajstić information content (AvgIpc) is 3.24. The number of benzene rings is 2. The van der Waals surface area contributed by atoms with Crippen LogP contribution in [-0.2, 0) is 9.53 Å². The first-order valence-electron chi connectivity index (χ1n) is 9.83. The molecule has 0 atom stereocenters. The zero-order chi connectivity index (χ0) is 22.3. The number of rotatable bonds is 7. The van der Waals surface area contributed by atoms with E-state index in [1.54, 1.807) is 18.3 Å². The summed E-state index contributed by atoms with van der Waals surface area (Å²) in [5.74, 6) is -0.829. The minimum absolute atomic E-state index is 0.177. The summed E-state index contributed by atoms with van der Waals surface area (Å²) < 4.78 is 4.57. The molecule has 1 amide bonds. The van der Waals surface area contributed by atoms with Crippen molar-refractivity contribution in [3.8, 4) is 0 Å². The summed E-state index contributed by atoms with van der Waals surface area (Å²) in [5.41, 5.74) is 3.07. The highest BCUT2D eigenvalue weighted by molar-refractivity contribution is 7.99. The summed E-state index contributed by atoms with van der Waals surface area (Å²) in [6.07, 6.45) is 5.59. The van der Waals surface area contributed by atoms with Crippen LogP contribution in [-0.4, -0.2) is 40.7 Å². The maximum Gasteiger partial charge on any atom is 0.325 e. The van der Waals surface area contributed by atoms with Crippen molar-refractivity contribution >= 4 is 46.7 Å². The predicted octanol–water partition coefficient (Wildman–Crippen LogP) is 4.18. The number of H-pyrrole nitrogens is 1. The normalized spacial score (nSPS) is 11.0. The second-order valence-electron chi connectivity index (χ2n) is 6.76. The van der Waals surface area contributed by atoms with Gasteiger partial charge in [0.15, 0.2) is 0 Å². The molecule has 32 heavy (non-hydrogen) atoms. The number of amides is 1. The van der Waals surface area contributed by atoms with E-state index >= 15 is 0 Å². The maximum absolute atomic E-state index is 12.5. The largest absolute Gasteiger partial charge is 0.468 e. The van der Waals surface area contributed by atoms with Crippen LogP contribution in [0.15, 0.2) is 76.7 Å². The van der Waals surface area contributed by atoms with Crippen LogP contribution in [0.1, 0.15) is 21.7 Å². The first-order valence-corrected chi connectivity index (χ1v) is 10.6. The van der Waals surface area contributed by atoms with Gasteiger partial charge in [-0.2, -0.15) is 5.10 Å². The van der Waals surface area contributed by atoms with E-state index in [1.807, 2.05) is 60.7 Å². The van der Waals surface area contributed by atoms with Crippen molar-refractivity contribution in [2.45, 2.75) is 9.79 Å². The quantitative estimate of drug-likeness (QED) is 0.415. The Morgan fingerprint density at radius 2 is 1.94 bits per heavy atom. The van der Waals surface area contributed by atoms with Gasteiger partial charge in [0.2, 0.25) is 0 Å². The van der Waals surface area contributed by atoms with Crippen molar-refractivity contribution in [1.29, 1.82) is 0 Å². The molecule has 4 aromatic rings. The monoisotopic (exact) mass is 444 g/mol. The minimum Gasteiger partial charge on any atom is -0.468 e. The van der Waals surface area contributed by atoms with Gasteiger partial charge >= 0.3 is 5.97 Å². The van der Waals surface area contributed by atoms with Crippen molar-refractivity contribution in [2.75, 3.05) is 13.7 Å². The Morgan fingerprint density at radius 1 is 1.09 bits per heavy atom. The molecule has 0 spiro atoms. The van der Waals surface area contributed by atoms with Gasteiger partial charge in [0.25, 0.3) is 5.91 Å².